The van der Waals surface area contributed by atoms with Crippen LogP contribution in [0.4, 0.5) is 0 Å². The van der Waals surface area contributed by atoms with Crippen LogP contribution >= 0.6 is 0 Å². The Morgan fingerprint density at radius 1 is 0.118 bits per heavy atom. The lowest BCUT2D eigenvalue weighted by Crippen LogP contribution is -2.15. The van der Waals surface area contributed by atoms with Crippen molar-refractivity contribution in [3.63, 3.8) is 0 Å². The second-order valence-corrected chi connectivity index (χ2v) is 38.7. The molecule has 0 fully saturated rings. The van der Waals surface area contributed by atoms with Crippen LogP contribution < -0.4 is 0 Å². The van der Waals surface area contributed by atoms with Gasteiger partial charge >= 0.3 is 0 Å². The van der Waals surface area contributed by atoms with E-state index in [-0.39, 0.29) is 23.7 Å². The average Bonchev–Trinajstić information content (AvgIpc) is 1.50. The summed E-state index contributed by atoms with van der Waals surface area (Å²) in [7, 11) is 0. The Kier molecular flexibility index (Phi) is 20.0. The zero-order valence-electron chi connectivity index (χ0n) is 76.5. The molecule has 0 saturated carbocycles. The SMILES string of the molecule is C.CC1(C)c2cc(-c3c4ccccc4c(-c4ccc(-c5ccccc5)cc4)c4ccccc34)ccc2-c2cc3ccccc3cc21.CC1(C)c2ccc(-c3c4ccccc4c(-c4ccc(-c5ccccc5)cc4)c4ccccc34)cc2-c2c1ccc1ccccc21.CC1(C)c2ccc(-c3c4ccccc4c(-c4ccc(-c5ccccc5)cc4)c4ccccc34)cc2-c2cc3ccccc3cc21. The normalized spacial score (nSPS) is 13.2. The zero-order chi connectivity index (χ0) is 90.4. The topological polar surface area (TPSA) is 0 Å². The molecule has 0 aromatic heterocycles. The maximum atomic E-state index is 2.47. The van der Waals surface area contributed by atoms with Crippen molar-refractivity contribution in [3.8, 4) is 134 Å². The highest BCUT2D eigenvalue weighted by Crippen LogP contribution is 2.58. The van der Waals surface area contributed by atoms with Crippen molar-refractivity contribution >= 4 is 97.0 Å². The molecule has 24 aromatic rings. The predicted octanol–water partition coefficient (Wildman–Crippen LogP) is 38.0. The minimum atomic E-state index is -0.0866. The van der Waals surface area contributed by atoms with Gasteiger partial charge in [0.1, 0.15) is 0 Å². The molecule has 0 heteroatoms. The van der Waals surface area contributed by atoms with Gasteiger partial charge in [0.15, 0.2) is 0 Å². The van der Waals surface area contributed by atoms with Crippen LogP contribution in [0.2, 0.25) is 0 Å². The van der Waals surface area contributed by atoms with Crippen molar-refractivity contribution in [1.82, 2.24) is 0 Å². The molecule has 0 aliphatic heterocycles. The smallest absolute Gasteiger partial charge is 0.0159 e. The third-order valence-corrected chi connectivity index (χ3v) is 30.2. The first kappa shape index (κ1) is 82.7. The molecule has 0 atom stereocenters. The highest BCUT2D eigenvalue weighted by molar-refractivity contribution is 6.25. The molecule has 0 spiro atoms. The summed E-state index contributed by atoms with van der Waals surface area (Å²) >= 11 is 0. The van der Waals surface area contributed by atoms with Gasteiger partial charge in [0, 0.05) is 16.2 Å². The lowest BCUT2D eigenvalue weighted by atomic mass is 9.80. The average molecular weight is 1730 g/mol. The van der Waals surface area contributed by atoms with E-state index in [2.05, 4.69) is 515 Å². The van der Waals surface area contributed by atoms with Crippen LogP contribution in [0.25, 0.3) is 230 Å². The van der Waals surface area contributed by atoms with Crippen molar-refractivity contribution in [1.29, 1.82) is 0 Å². The van der Waals surface area contributed by atoms with E-state index < -0.39 is 0 Å². The first-order valence-electron chi connectivity index (χ1n) is 47.6. The fraction of sp³-hybridized carbons (Fsp3) is 0.0735. The molecule has 3 aliphatic carbocycles. The van der Waals surface area contributed by atoms with Crippen molar-refractivity contribution in [2.24, 2.45) is 0 Å². The van der Waals surface area contributed by atoms with Gasteiger partial charge in [-0.05, 0) is 306 Å². The van der Waals surface area contributed by atoms with E-state index in [4.69, 9.17) is 0 Å². The van der Waals surface area contributed by atoms with E-state index >= 15 is 0 Å². The third kappa shape index (κ3) is 13.5. The summed E-state index contributed by atoms with van der Waals surface area (Å²) < 4.78 is 0. The molecule has 27 rings (SSSR count). The number of hydrogen-bond donors (Lipinski definition) is 0. The second kappa shape index (κ2) is 32.8. The third-order valence-electron chi connectivity index (χ3n) is 30.2. The molecule has 136 heavy (non-hydrogen) atoms. The summed E-state index contributed by atoms with van der Waals surface area (Å²) in [4.78, 5) is 0. The molecule has 0 unspecified atom stereocenters. The molecule has 0 radical (unpaired) electrons. The number of hydrogen-bond acceptors (Lipinski definition) is 0. The van der Waals surface area contributed by atoms with Gasteiger partial charge in [-0.15, -0.1) is 0 Å². The Hall–Kier alpha value is -16.4. The fourth-order valence-corrected chi connectivity index (χ4v) is 23.5. The molecule has 0 bridgehead atoms. The molecule has 24 aromatic carbocycles. The number of benzene rings is 24. The Morgan fingerprint density at radius 2 is 0.331 bits per heavy atom. The summed E-state index contributed by atoms with van der Waals surface area (Å²) in [5, 5.41) is 23.3. The van der Waals surface area contributed by atoms with Crippen LogP contribution in [0, 0.1) is 0 Å². The Labute approximate surface area is 796 Å². The van der Waals surface area contributed by atoms with Gasteiger partial charge in [-0.1, -0.05) is 480 Å². The van der Waals surface area contributed by atoms with Crippen LogP contribution in [0.3, 0.4) is 0 Å². The Morgan fingerprint density at radius 3 is 0.684 bits per heavy atom. The van der Waals surface area contributed by atoms with Gasteiger partial charge in [-0.2, -0.15) is 0 Å². The van der Waals surface area contributed by atoms with E-state index in [1.165, 1.54) is 264 Å². The largest absolute Gasteiger partial charge is 0.0776 e. The van der Waals surface area contributed by atoms with Crippen LogP contribution in [-0.2, 0) is 16.2 Å². The molecular formula is C136H100. The van der Waals surface area contributed by atoms with Gasteiger partial charge in [0.05, 0.1) is 0 Å². The van der Waals surface area contributed by atoms with Gasteiger partial charge in [-0.3, -0.25) is 0 Å². The Balaban J connectivity index is 0.000000111. The first-order chi connectivity index (χ1) is 66.2. The molecule has 0 N–H and O–H groups in total. The minimum absolute atomic E-state index is 0. The molecule has 0 saturated heterocycles. The van der Waals surface area contributed by atoms with Crippen LogP contribution in [0.1, 0.15) is 82.3 Å². The summed E-state index contributed by atoms with van der Waals surface area (Å²) in [6, 6.07) is 175. The molecular weight excluding hydrogens is 1630 g/mol. The van der Waals surface area contributed by atoms with Gasteiger partial charge in [0.25, 0.3) is 0 Å². The van der Waals surface area contributed by atoms with Crippen LogP contribution in [0.15, 0.2) is 473 Å². The molecule has 3 aliphatic rings. The van der Waals surface area contributed by atoms with Gasteiger partial charge < -0.3 is 0 Å². The lowest BCUT2D eigenvalue weighted by Gasteiger charge is -2.23. The monoisotopic (exact) mass is 1730 g/mol. The highest BCUT2D eigenvalue weighted by Gasteiger charge is 2.40. The van der Waals surface area contributed by atoms with E-state index in [1.807, 2.05) is 0 Å². The summed E-state index contributed by atoms with van der Waals surface area (Å²) in [5.41, 5.74) is 39.2. The van der Waals surface area contributed by atoms with Crippen LogP contribution in [0.5, 0.6) is 0 Å². The van der Waals surface area contributed by atoms with E-state index in [9.17, 15) is 0 Å². The molecule has 0 nitrogen and oxygen atoms in total. The minimum Gasteiger partial charge on any atom is -0.0776 e. The molecule has 0 amide bonds. The quantitative estimate of drug-likeness (QED) is 0.126. The van der Waals surface area contributed by atoms with Gasteiger partial charge in [0.2, 0.25) is 0 Å². The van der Waals surface area contributed by atoms with Crippen molar-refractivity contribution in [2.45, 2.75) is 65.2 Å². The van der Waals surface area contributed by atoms with Crippen LogP contribution in [-0.4, -0.2) is 0 Å². The highest BCUT2D eigenvalue weighted by atomic mass is 14.4. The second-order valence-electron chi connectivity index (χ2n) is 38.7. The van der Waals surface area contributed by atoms with Gasteiger partial charge in [-0.25, -0.2) is 0 Å². The van der Waals surface area contributed by atoms with E-state index in [0.717, 1.165) is 0 Å². The molecule has 0 heterocycles. The lowest BCUT2D eigenvalue weighted by molar-refractivity contribution is 0.661. The first-order valence-corrected chi connectivity index (χ1v) is 47.6. The molecule has 644 valence electrons. The van der Waals surface area contributed by atoms with Crippen molar-refractivity contribution < 1.29 is 0 Å². The maximum absolute atomic E-state index is 2.47. The fourth-order valence-electron chi connectivity index (χ4n) is 23.5. The predicted molar refractivity (Wildman–Crippen MR) is 585 cm³/mol. The van der Waals surface area contributed by atoms with Crippen molar-refractivity contribution in [3.05, 3.63) is 507 Å². The summed E-state index contributed by atoms with van der Waals surface area (Å²) in [6.07, 6.45) is 0. The van der Waals surface area contributed by atoms with Crippen molar-refractivity contribution in [2.75, 3.05) is 0 Å². The zero-order valence-corrected chi connectivity index (χ0v) is 76.5. The number of rotatable bonds is 9. The van der Waals surface area contributed by atoms with E-state index in [1.54, 1.807) is 0 Å². The Bertz CT molecular complexity index is 8750. The van der Waals surface area contributed by atoms with E-state index in [0.29, 0.717) is 0 Å². The standard InChI is InChI=1S/3C45H32.CH4/c1-45(2)40-26-25-33(28-39(40)44-34-15-7-6-14-31(34)24-27-41(44)45)43-37-18-10-8-16-35(37)42(36-17-9-11-19-38(36)43)32-22-20-30(21-23-32)29-12-4-3-5-13-29;1-45(2)41-25-24-34(27-39(41)40-26-32-14-6-7-15-33(32)28-42(40)45)44-37-18-10-8-16-35(37)43(36-17-9-11-19-38(36)44)31-22-20-30(21-23-31)29-12-4-3-5-13-29;1-45(2)41-28-34(24-25-35(41)40-26-32-14-6-7-15-33(32)27-42(40)45)44-38-18-10-8-16-36(38)43(37-17-9-11-19-39(37)44)31-22-20-30(21-23-31)29-12-4-3-5-13-29;/h3*3-28H,1-2H3;1H4. The number of fused-ring (bicyclic) bond motifs is 19. The summed E-state index contributed by atoms with van der Waals surface area (Å²) in [5.74, 6) is 0. The summed E-state index contributed by atoms with van der Waals surface area (Å²) in [6.45, 7) is 14.2. The maximum Gasteiger partial charge on any atom is 0.0159 e.